The molecule has 0 saturated carbocycles. The van der Waals surface area contributed by atoms with Gasteiger partial charge < -0.3 is 4.74 Å². The number of alkyl halides is 2. The lowest BCUT2D eigenvalue weighted by molar-refractivity contribution is 0.0587. The lowest BCUT2D eigenvalue weighted by Crippen LogP contribution is -2.09. The van der Waals surface area contributed by atoms with Gasteiger partial charge in [0, 0.05) is 6.07 Å². The number of halogens is 4. The van der Waals surface area contributed by atoms with Crippen molar-refractivity contribution in [3.8, 4) is 0 Å². The van der Waals surface area contributed by atoms with Crippen LogP contribution in [0.4, 0.5) is 13.2 Å². The van der Waals surface area contributed by atoms with E-state index in [0.717, 1.165) is 7.11 Å². The van der Waals surface area contributed by atoms with E-state index in [4.69, 9.17) is 0 Å². The van der Waals surface area contributed by atoms with Crippen LogP contribution in [0.15, 0.2) is 10.7 Å². The summed E-state index contributed by atoms with van der Waals surface area (Å²) < 4.78 is 41.7. The molecular weight excluding hydrogens is 279 g/mol. The van der Waals surface area contributed by atoms with Gasteiger partial charge in [0.1, 0.15) is 4.60 Å². The summed E-state index contributed by atoms with van der Waals surface area (Å²) in [7, 11) is 1.02. The van der Waals surface area contributed by atoms with Crippen molar-refractivity contribution in [2.24, 2.45) is 0 Å². The Morgan fingerprint density at radius 1 is 1.60 bits per heavy atom. The third-order valence-electron chi connectivity index (χ3n) is 1.60. The Balaban J connectivity index is 3.40. The first kappa shape index (κ1) is 12.0. The Hall–Kier alpha value is -1.11. The van der Waals surface area contributed by atoms with Gasteiger partial charge in [0.2, 0.25) is 5.95 Å². The van der Waals surface area contributed by atoms with Gasteiger partial charge in [-0.25, -0.2) is 18.6 Å². The van der Waals surface area contributed by atoms with Crippen LogP contribution in [0.25, 0.3) is 0 Å². The van der Waals surface area contributed by atoms with Crippen molar-refractivity contribution in [2.75, 3.05) is 7.11 Å². The summed E-state index contributed by atoms with van der Waals surface area (Å²) in [6, 6.07) is 0.609. The summed E-state index contributed by atoms with van der Waals surface area (Å²) in [6.07, 6.45) is -2.94. The van der Waals surface area contributed by atoms with Gasteiger partial charge in [0.25, 0.3) is 6.43 Å². The minimum Gasteiger partial charge on any atom is -0.465 e. The number of rotatable bonds is 2. The summed E-state index contributed by atoms with van der Waals surface area (Å²) in [5, 5.41) is 0. The average Bonchev–Trinajstić information content (AvgIpc) is 2.14. The second kappa shape index (κ2) is 4.61. The fraction of sp³-hybridized carbons (Fsp3) is 0.250. The minimum absolute atomic E-state index is 0.405. The van der Waals surface area contributed by atoms with Crippen LogP contribution in [0.1, 0.15) is 22.3 Å². The van der Waals surface area contributed by atoms with Crippen LogP contribution in [0, 0.1) is 5.95 Å². The predicted octanol–water partition coefficient (Wildman–Crippen LogP) is 2.71. The topological polar surface area (TPSA) is 39.2 Å². The van der Waals surface area contributed by atoms with E-state index in [-0.39, 0.29) is 0 Å². The monoisotopic (exact) mass is 283 g/mol. The number of pyridine rings is 1. The molecule has 7 heteroatoms. The highest BCUT2D eigenvalue weighted by atomic mass is 79.9. The number of esters is 1. The van der Waals surface area contributed by atoms with Gasteiger partial charge in [0.15, 0.2) is 0 Å². The minimum atomic E-state index is -2.94. The summed E-state index contributed by atoms with van der Waals surface area (Å²) in [5.41, 5.74) is -1.21. The summed E-state index contributed by atoms with van der Waals surface area (Å²) in [5.74, 6) is -2.07. The van der Waals surface area contributed by atoms with Gasteiger partial charge >= 0.3 is 5.97 Å². The molecule has 82 valence electrons. The first-order chi connectivity index (χ1) is 6.97. The van der Waals surface area contributed by atoms with E-state index in [1.165, 1.54) is 0 Å². The highest BCUT2D eigenvalue weighted by Crippen LogP contribution is 2.30. The summed E-state index contributed by atoms with van der Waals surface area (Å²) in [4.78, 5) is 14.2. The lowest BCUT2D eigenvalue weighted by Gasteiger charge is -2.08. The molecule has 0 fully saturated rings. The number of hydrogen-bond acceptors (Lipinski definition) is 3. The molecule has 0 amide bonds. The summed E-state index contributed by atoms with van der Waals surface area (Å²) in [6.45, 7) is 0. The Morgan fingerprint density at radius 2 is 2.20 bits per heavy atom. The molecule has 0 atom stereocenters. The quantitative estimate of drug-likeness (QED) is 0.619. The normalized spacial score (nSPS) is 10.5. The molecule has 0 aliphatic rings. The van der Waals surface area contributed by atoms with Crippen molar-refractivity contribution < 1.29 is 22.7 Å². The smallest absolute Gasteiger partial charge is 0.338 e. The molecule has 1 rings (SSSR count). The number of nitrogens with zero attached hydrogens (tertiary/aromatic N) is 1. The first-order valence-corrected chi connectivity index (χ1v) is 4.49. The molecule has 0 radical (unpaired) electrons. The Kier molecular flexibility index (Phi) is 3.67. The van der Waals surface area contributed by atoms with Crippen molar-refractivity contribution in [2.45, 2.75) is 6.43 Å². The van der Waals surface area contributed by atoms with Gasteiger partial charge in [-0.05, 0) is 15.9 Å². The highest BCUT2D eigenvalue weighted by molar-refractivity contribution is 9.10. The van der Waals surface area contributed by atoms with Crippen LogP contribution in [0.3, 0.4) is 0 Å². The second-order valence-corrected chi connectivity index (χ2v) is 3.24. The molecule has 0 unspecified atom stereocenters. The van der Waals surface area contributed by atoms with Crippen molar-refractivity contribution in [3.05, 3.63) is 27.7 Å². The fourth-order valence-corrected chi connectivity index (χ4v) is 1.54. The fourth-order valence-electron chi connectivity index (χ4n) is 0.981. The van der Waals surface area contributed by atoms with Crippen LogP contribution >= 0.6 is 15.9 Å². The predicted molar refractivity (Wildman–Crippen MR) is 48.2 cm³/mol. The molecule has 1 aromatic heterocycles. The van der Waals surface area contributed by atoms with Crippen LogP contribution in [-0.4, -0.2) is 18.1 Å². The SMILES string of the molecule is COC(=O)c1cc(F)nc(Br)c1C(F)F. The maximum atomic E-state index is 12.8. The average molecular weight is 284 g/mol. The molecule has 0 saturated heterocycles. The van der Waals surface area contributed by atoms with E-state index in [1.807, 2.05) is 0 Å². The van der Waals surface area contributed by atoms with Crippen molar-refractivity contribution >= 4 is 21.9 Å². The molecule has 1 aromatic rings. The third kappa shape index (κ3) is 2.47. The van der Waals surface area contributed by atoms with E-state index < -0.39 is 34.1 Å². The molecule has 0 aliphatic carbocycles. The molecule has 0 bridgehead atoms. The zero-order chi connectivity index (χ0) is 11.6. The first-order valence-electron chi connectivity index (χ1n) is 3.69. The van der Waals surface area contributed by atoms with Crippen molar-refractivity contribution in [3.63, 3.8) is 0 Å². The maximum Gasteiger partial charge on any atom is 0.338 e. The number of hydrogen-bond donors (Lipinski definition) is 0. The van der Waals surface area contributed by atoms with E-state index in [2.05, 4.69) is 25.7 Å². The number of carbonyl (C=O) groups excluding carboxylic acids is 1. The Bertz CT molecular complexity index is 398. The largest absolute Gasteiger partial charge is 0.465 e. The van der Waals surface area contributed by atoms with E-state index in [9.17, 15) is 18.0 Å². The van der Waals surface area contributed by atoms with E-state index in [1.54, 1.807) is 0 Å². The van der Waals surface area contributed by atoms with Crippen LogP contribution in [0.2, 0.25) is 0 Å². The molecule has 0 spiro atoms. The molecule has 15 heavy (non-hydrogen) atoms. The molecular formula is C8H5BrF3NO2. The Morgan fingerprint density at radius 3 is 2.67 bits per heavy atom. The maximum absolute atomic E-state index is 12.8. The number of methoxy groups -OCH3 is 1. The number of ether oxygens (including phenoxy) is 1. The highest BCUT2D eigenvalue weighted by Gasteiger charge is 2.24. The van der Waals surface area contributed by atoms with E-state index in [0.29, 0.717) is 6.07 Å². The van der Waals surface area contributed by atoms with Gasteiger partial charge in [0.05, 0.1) is 18.2 Å². The number of aromatic nitrogens is 1. The van der Waals surface area contributed by atoms with Crippen LogP contribution in [-0.2, 0) is 4.74 Å². The van der Waals surface area contributed by atoms with Crippen molar-refractivity contribution in [1.29, 1.82) is 0 Å². The summed E-state index contributed by atoms with van der Waals surface area (Å²) >= 11 is 2.66. The zero-order valence-corrected chi connectivity index (χ0v) is 9.02. The zero-order valence-electron chi connectivity index (χ0n) is 7.43. The van der Waals surface area contributed by atoms with Crippen molar-refractivity contribution in [1.82, 2.24) is 4.98 Å². The van der Waals surface area contributed by atoms with Gasteiger partial charge in [-0.1, -0.05) is 0 Å². The van der Waals surface area contributed by atoms with Crippen LogP contribution in [0.5, 0.6) is 0 Å². The molecule has 1 heterocycles. The molecule has 0 aromatic carbocycles. The molecule has 0 N–H and O–H groups in total. The Labute approximate surface area is 91.4 Å². The third-order valence-corrected chi connectivity index (χ3v) is 2.21. The second-order valence-electron chi connectivity index (χ2n) is 2.49. The molecule has 3 nitrogen and oxygen atoms in total. The van der Waals surface area contributed by atoms with Gasteiger partial charge in [-0.2, -0.15) is 4.39 Å². The standard InChI is InChI=1S/C8H5BrF3NO2/c1-15-8(14)3-2-4(10)13-6(9)5(3)7(11)12/h2,7H,1H3. The van der Waals surface area contributed by atoms with Crippen LogP contribution < -0.4 is 0 Å². The lowest BCUT2D eigenvalue weighted by atomic mass is 10.1. The molecule has 0 aliphatic heterocycles. The van der Waals surface area contributed by atoms with E-state index >= 15 is 0 Å². The number of carbonyl (C=O) groups is 1. The van der Waals surface area contributed by atoms with Gasteiger partial charge in [-0.3, -0.25) is 0 Å². The van der Waals surface area contributed by atoms with Gasteiger partial charge in [-0.15, -0.1) is 0 Å².